The maximum absolute atomic E-state index is 8.87. The van der Waals surface area contributed by atoms with E-state index in [-0.39, 0.29) is 0 Å². The van der Waals surface area contributed by atoms with Gasteiger partial charge in [-0.25, -0.2) is 4.57 Å². The summed E-state index contributed by atoms with van der Waals surface area (Å²) in [5.41, 5.74) is 10.6. The van der Waals surface area contributed by atoms with Crippen LogP contribution in [-0.4, -0.2) is 0 Å². The van der Waals surface area contributed by atoms with E-state index in [0.717, 1.165) is 22.4 Å². The Morgan fingerprint density at radius 3 is 1.97 bits per heavy atom. The topological polar surface area (TPSA) is 3.88 Å². The molecule has 0 fully saturated rings. The van der Waals surface area contributed by atoms with Crippen molar-refractivity contribution in [2.45, 2.75) is 33.6 Å². The fourth-order valence-electron chi connectivity index (χ4n) is 4.75. The average molecular weight is 444 g/mol. The van der Waals surface area contributed by atoms with E-state index in [1.807, 2.05) is 13.8 Å². The van der Waals surface area contributed by atoms with Crippen LogP contribution in [0.15, 0.2) is 97.2 Å². The fourth-order valence-corrected chi connectivity index (χ4v) is 4.75. The van der Waals surface area contributed by atoms with Crippen molar-refractivity contribution >= 4 is 10.8 Å². The van der Waals surface area contributed by atoms with Gasteiger partial charge in [-0.15, -0.1) is 0 Å². The van der Waals surface area contributed by atoms with Gasteiger partial charge in [-0.3, -0.25) is 0 Å². The third-order valence-corrected chi connectivity index (χ3v) is 6.77. The molecule has 0 spiro atoms. The summed E-state index contributed by atoms with van der Waals surface area (Å²) in [6.45, 7) is 8.20. The van der Waals surface area contributed by atoms with Crippen molar-refractivity contribution in [3.8, 4) is 33.5 Å². The molecular formula is C33H32N+. The highest BCUT2D eigenvalue weighted by Crippen LogP contribution is 2.34. The Bertz CT molecular complexity index is 1540. The normalized spacial score (nSPS) is 12.1. The minimum Gasteiger partial charge on any atom is -0.201 e. The van der Waals surface area contributed by atoms with E-state index in [9.17, 15) is 0 Å². The van der Waals surface area contributed by atoms with Crippen molar-refractivity contribution in [2.24, 2.45) is 7.05 Å². The van der Waals surface area contributed by atoms with Crippen molar-refractivity contribution in [3.63, 3.8) is 0 Å². The Balaban J connectivity index is 1.66. The number of rotatable bonds is 4. The van der Waals surface area contributed by atoms with Crippen molar-refractivity contribution in [3.05, 3.63) is 114 Å². The van der Waals surface area contributed by atoms with Gasteiger partial charge in [-0.2, -0.15) is 0 Å². The summed E-state index contributed by atoms with van der Waals surface area (Å²) < 4.78 is 11.0. The molecule has 0 aliphatic rings. The molecule has 5 aromatic rings. The summed E-state index contributed by atoms with van der Waals surface area (Å²) >= 11 is 0. The molecule has 0 bridgehead atoms. The van der Waals surface area contributed by atoms with E-state index in [1.165, 1.54) is 38.6 Å². The zero-order valence-electron chi connectivity index (χ0n) is 21.7. The summed E-state index contributed by atoms with van der Waals surface area (Å²) in [5.74, 6) is -0.721. The molecule has 34 heavy (non-hydrogen) atoms. The van der Waals surface area contributed by atoms with Gasteiger partial charge in [0.1, 0.15) is 7.05 Å². The number of aryl methyl sites for hydroxylation is 3. The van der Waals surface area contributed by atoms with Gasteiger partial charge in [0.05, 0.1) is 0 Å². The second kappa shape index (κ2) is 8.91. The molecule has 168 valence electrons. The third-order valence-electron chi connectivity index (χ3n) is 6.77. The molecule has 0 aliphatic carbocycles. The highest BCUT2D eigenvalue weighted by molar-refractivity contribution is 5.91. The van der Waals surface area contributed by atoms with Crippen LogP contribution in [0.2, 0.25) is 0 Å². The van der Waals surface area contributed by atoms with E-state index in [1.54, 1.807) is 0 Å². The number of hydrogen-bond acceptors (Lipinski definition) is 0. The summed E-state index contributed by atoms with van der Waals surface area (Å²) in [4.78, 5) is 0. The molecule has 0 saturated carbocycles. The molecule has 1 nitrogen and oxygen atoms in total. The minimum atomic E-state index is -0.721. The standard InChI is InChI=1S/C33H32N/c1-22(2)32-21-34(5)33(30-9-7-6-8-24(30)4)20-31(32)29-17-16-27-18-26(14-15-28(27)19-29)25-12-10-23(3)11-13-25/h6-22H,1-5H3/q+1/i22D. The Morgan fingerprint density at radius 2 is 1.29 bits per heavy atom. The van der Waals surface area contributed by atoms with Gasteiger partial charge in [0.25, 0.3) is 0 Å². The maximum Gasteiger partial charge on any atom is 0.213 e. The fraction of sp³-hybridized carbons (Fsp3) is 0.182. The summed E-state index contributed by atoms with van der Waals surface area (Å²) in [5, 5.41) is 2.43. The van der Waals surface area contributed by atoms with E-state index in [0.29, 0.717) is 0 Å². The quantitative estimate of drug-likeness (QED) is 0.245. The average Bonchev–Trinajstić information content (AvgIpc) is 2.84. The van der Waals surface area contributed by atoms with Gasteiger partial charge < -0.3 is 0 Å². The van der Waals surface area contributed by atoms with Gasteiger partial charge >= 0.3 is 0 Å². The maximum atomic E-state index is 8.87. The van der Waals surface area contributed by atoms with Crippen LogP contribution in [0.25, 0.3) is 44.3 Å². The van der Waals surface area contributed by atoms with Crippen molar-refractivity contribution in [2.75, 3.05) is 0 Å². The summed E-state index contributed by atoms with van der Waals surface area (Å²) in [6.07, 6.45) is 2.13. The molecule has 0 unspecified atom stereocenters. The molecule has 0 N–H and O–H groups in total. The lowest BCUT2D eigenvalue weighted by Crippen LogP contribution is -2.32. The van der Waals surface area contributed by atoms with Crippen LogP contribution in [-0.2, 0) is 7.05 Å². The van der Waals surface area contributed by atoms with Crippen LogP contribution in [0.5, 0.6) is 0 Å². The molecule has 1 heterocycles. The number of fused-ring (bicyclic) bond motifs is 1. The Labute approximate surface area is 204 Å². The van der Waals surface area contributed by atoms with Crippen LogP contribution in [0, 0.1) is 13.8 Å². The lowest BCUT2D eigenvalue weighted by Gasteiger charge is -2.15. The lowest BCUT2D eigenvalue weighted by molar-refractivity contribution is -0.660. The van der Waals surface area contributed by atoms with E-state index in [4.69, 9.17) is 1.37 Å². The molecule has 0 radical (unpaired) electrons. The first kappa shape index (κ1) is 20.9. The van der Waals surface area contributed by atoms with Crippen LogP contribution in [0.3, 0.4) is 0 Å². The Hall–Kier alpha value is -3.71. The van der Waals surface area contributed by atoms with Gasteiger partial charge in [0, 0.05) is 18.6 Å². The summed E-state index contributed by atoms with van der Waals surface area (Å²) in [6, 6.07) is 32.8. The van der Waals surface area contributed by atoms with E-state index < -0.39 is 5.89 Å². The SMILES string of the molecule is [2H]C(C)(C)c1c[n+](C)c(-c2ccccc2C)cc1-c1ccc2cc(-c3ccc(C)cc3)ccc2c1. The molecule has 4 aromatic carbocycles. The zero-order chi connectivity index (χ0) is 24.7. The van der Waals surface area contributed by atoms with Crippen LogP contribution in [0.1, 0.15) is 37.8 Å². The number of benzene rings is 4. The second-order valence-electron chi connectivity index (χ2n) is 9.55. The van der Waals surface area contributed by atoms with Gasteiger partial charge in [-0.05, 0) is 76.5 Å². The highest BCUT2D eigenvalue weighted by atomic mass is 14.9. The first-order valence-corrected chi connectivity index (χ1v) is 11.9. The predicted molar refractivity (Wildman–Crippen MR) is 145 cm³/mol. The van der Waals surface area contributed by atoms with E-state index >= 15 is 0 Å². The molecule has 0 amide bonds. The Morgan fingerprint density at radius 1 is 0.676 bits per heavy atom. The minimum absolute atomic E-state index is 0.721. The van der Waals surface area contributed by atoms with Crippen molar-refractivity contribution in [1.29, 1.82) is 0 Å². The monoisotopic (exact) mass is 443 g/mol. The summed E-state index contributed by atoms with van der Waals surface area (Å²) in [7, 11) is 2.08. The first-order valence-electron chi connectivity index (χ1n) is 12.4. The van der Waals surface area contributed by atoms with Crippen LogP contribution >= 0.6 is 0 Å². The third kappa shape index (κ3) is 4.15. The number of pyridine rings is 1. The van der Waals surface area contributed by atoms with Gasteiger partial charge in [0.2, 0.25) is 5.69 Å². The van der Waals surface area contributed by atoms with Gasteiger partial charge in [0.15, 0.2) is 6.20 Å². The highest BCUT2D eigenvalue weighted by Gasteiger charge is 2.20. The molecule has 5 rings (SSSR count). The molecule has 0 saturated heterocycles. The Kier molecular flexibility index (Phi) is 5.47. The second-order valence-corrected chi connectivity index (χ2v) is 9.55. The van der Waals surface area contributed by atoms with Crippen molar-refractivity contribution < 1.29 is 5.94 Å². The van der Waals surface area contributed by atoms with E-state index in [2.05, 4.69) is 123 Å². The van der Waals surface area contributed by atoms with Crippen LogP contribution in [0.4, 0.5) is 0 Å². The molecule has 1 heteroatoms. The predicted octanol–water partition coefficient (Wildman–Crippen LogP) is 8.41. The number of nitrogens with zero attached hydrogens (tertiary/aromatic N) is 1. The van der Waals surface area contributed by atoms with Crippen LogP contribution < -0.4 is 4.57 Å². The number of hydrogen-bond donors (Lipinski definition) is 0. The molecule has 0 atom stereocenters. The van der Waals surface area contributed by atoms with Gasteiger partial charge in [-0.1, -0.05) is 86.1 Å². The van der Waals surface area contributed by atoms with Crippen molar-refractivity contribution in [1.82, 2.24) is 0 Å². The smallest absolute Gasteiger partial charge is 0.201 e. The molecule has 0 aliphatic heterocycles. The number of aromatic nitrogens is 1. The first-order chi connectivity index (χ1) is 16.7. The lowest BCUT2D eigenvalue weighted by atomic mass is 9.90. The molecule has 1 aromatic heterocycles. The zero-order valence-corrected chi connectivity index (χ0v) is 20.7. The molecular weight excluding hydrogens is 410 g/mol. The largest absolute Gasteiger partial charge is 0.213 e.